The lowest BCUT2D eigenvalue weighted by Gasteiger charge is -2.31. The predicted molar refractivity (Wildman–Crippen MR) is 70.8 cm³/mol. The van der Waals surface area contributed by atoms with Crippen LogP contribution in [0.15, 0.2) is 16.5 Å². The molecule has 100 valence electrons. The highest BCUT2D eigenvalue weighted by molar-refractivity contribution is 5.91. The van der Waals surface area contributed by atoms with Crippen LogP contribution in [0, 0.1) is 6.92 Å². The summed E-state index contributed by atoms with van der Waals surface area (Å²) in [6, 6.07) is 3.93. The van der Waals surface area contributed by atoms with E-state index in [4.69, 9.17) is 4.42 Å². The number of aryl methyl sites for hydroxylation is 1. The first-order chi connectivity index (χ1) is 8.56. The van der Waals surface area contributed by atoms with E-state index in [1.807, 2.05) is 19.1 Å². The summed E-state index contributed by atoms with van der Waals surface area (Å²) in [6.07, 6.45) is 0.501. The lowest BCUT2D eigenvalue weighted by molar-refractivity contribution is -0.119. The van der Waals surface area contributed by atoms with Gasteiger partial charge < -0.3 is 14.6 Å². The molecule has 1 aliphatic rings. The monoisotopic (exact) mass is 251 g/mol. The van der Waals surface area contributed by atoms with Gasteiger partial charge in [0.15, 0.2) is 0 Å². The smallest absolute Gasteiger partial charge is 0.230 e. The zero-order valence-corrected chi connectivity index (χ0v) is 11.3. The first kappa shape index (κ1) is 13.1. The lowest BCUT2D eigenvalue weighted by Crippen LogP contribution is -2.50. The van der Waals surface area contributed by atoms with E-state index in [2.05, 4.69) is 17.3 Å². The van der Waals surface area contributed by atoms with Gasteiger partial charge in [-0.25, -0.2) is 0 Å². The Labute approximate surface area is 108 Å². The van der Waals surface area contributed by atoms with Gasteiger partial charge in [-0.1, -0.05) is 0 Å². The molecule has 5 heteroatoms. The largest absolute Gasteiger partial charge is 0.445 e. The summed E-state index contributed by atoms with van der Waals surface area (Å²) in [6.45, 7) is 4.77. The quantitative estimate of drug-likeness (QED) is 0.865. The molecule has 1 amide bonds. The molecular formula is C13H21N3O2. The molecule has 0 bridgehead atoms. The second-order valence-corrected chi connectivity index (χ2v) is 4.95. The first-order valence-corrected chi connectivity index (χ1v) is 6.31. The molecule has 1 atom stereocenters. The van der Waals surface area contributed by atoms with Crippen molar-refractivity contribution in [1.29, 1.82) is 0 Å². The number of hydrogen-bond donors (Lipinski definition) is 1. The van der Waals surface area contributed by atoms with E-state index in [9.17, 15) is 4.79 Å². The highest BCUT2D eigenvalue weighted by Gasteiger charge is 2.22. The van der Waals surface area contributed by atoms with Crippen LogP contribution in [0.5, 0.6) is 0 Å². The summed E-state index contributed by atoms with van der Waals surface area (Å²) in [5.41, 5.74) is 0. The standard InChI is InChI=1S/C13H21N3O2/c1-10-4-5-13(18-10)16(3)12(17)8-11-9-15(2)7-6-14-11/h4-5,11,14H,6-9H2,1-3H3. The third-order valence-electron chi connectivity index (χ3n) is 3.31. The van der Waals surface area contributed by atoms with E-state index < -0.39 is 0 Å². The number of anilines is 1. The zero-order valence-electron chi connectivity index (χ0n) is 11.3. The molecule has 18 heavy (non-hydrogen) atoms. The van der Waals surface area contributed by atoms with Gasteiger partial charge in [-0.05, 0) is 20.0 Å². The van der Waals surface area contributed by atoms with Crippen LogP contribution in [0.25, 0.3) is 0 Å². The minimum atomic E-state index is 0.0807. The van der Waals surface area contributed by atoms with Crippen molar-refractivity contribution in [1.82, 2.24) is 10.2 Å². The fourth-order valence-corrected chi connectivity index (χ4v) is 2.20. The van der Waals surface area contributed by atoms with Crippen LogP contribution in [0.1, 0.15) is 12.2 Å². The Morgan fingerprint density at radius 1 is 1.61 bits per heavy atom. The molecule has 0 spiro atoms. The van der Waals surface area contributed by atoms with Gasteiger partial charge in [0.2, 0.25) is 11.8 Å². The van der Waals surface area contributed by atoms with Crippen molar-refractivity contribution in [2.45, 2.75) is 19.4 Å². The number of carbonyl (C=O) groups excluding carboxylic acids is 1. The molecule has 0 saturated carbocycles. The van der Waals surface area contributed by atoms with E-state index in [0.717, 1.165) is 25.4 Å². The minimum Gasteiger partial charge on any atom is -0.445 e. The molecule has 1 N–H and O–H groups in total. The van der Waals surface area contributed by atoms with Crippen molar-refractivity contribution in [3.63, 3.8) is 0 Å². The number of amides is 1. The second-order valence-electron chi connectivity index (χ2n) is 4.95. The molecule has 1 unspecified atom stereocenters. The highest BCUT2D eigenvalue weighted by Crippen LogP contribution is 2.17. The van der Waals surface area contributed by atoms with Crippen LogP contribution in [-0.4, -0.2) is 50.6 Å². The van der Waals surface area contributed by atoms with E-state index in [1.165, 1.54) is 0 Å². The summed E-state index contributed by atoms with van der Waals surface area (Å²) in [7, 11) is 3.84. The Bertz CT molecular complexity index is 416. The second kappa shape index (κ2) is 5.54. The molecule has 0 aromatic carbocycles. The van der Waals surface area contributed by atoms with Gasteiger partial charge in [0, 0.05) is 45.2 Å². The van der Waals surface area contributed by atoms with Gasteiger partial charge in [-0.3, -0.25) is 9.69 Å². The molecule has 0 aliphatic carbocycles. The highest BCUT2D eigenvalue weighted by atomic mass is 16.4. The summed E-state index contributed by atoms with van der Waals surface area (Å²) in [5, 5.41) is 3.37. The number of carbonyl (C=O) groups is 1. The predicted octanol–water partition coefficient (Wildman–Crippen LogP) is 0.845. The molecule has 1 aromatic rings. The number of nitrogens with zero attached hydrogens (tertiary/aromatic N) is 2. The van der Waals surface area contributed by atoms with Gasteiger partial charge in [-0.15, -0.1) is 0 Å². The van der Waals surface area contributed by atoms with Crippen molar-refractivity contribution in [2.75, 3.05) is 38.6 Å². The van der Waals surface area contributed by atoms with Gasteiger partial charge >= 0.3 is 0 Å². The van der Waals surface area contributed by atoms with Crippen molar-refractivity contribution in [3.8, 4) is 0 Å². The molecule has 2 heterocycles. The van der Waals surface area contributed by atoms with Gasteiger partial charge in [-0.2, -0.15) is 0 Å². The normalized spacial score (nSPS) is 20.9. The average molecular weight is 251 g/mol. The Hall–Kier alpha value is -1.33. The number of piperazine rings is 1. The van der Waals surface area contributed by atoms with Crippen LogP contribution in [0.2, 0.25) is 0 Å². The summed E-state index contributed by atoms with van der Waals surface area (Å²) in [5.74, 6) is 1.51. The van der Waals surface area contributed by atoms with E-state index >= 15 is 0 Å². The van der Waals surface area contributed by atoms with Crippen LogP contribution in [0.3, 0.4) is 0 Å². The van der Waals surface area contributed by atoms with Crippen LogP contribution in [-0.2, 0) is 4.79 Å². The third kappa shape index (κ3) is 3.11. The molecule has 1 aliphatic heterocycles. The lowest BCUT2D eigenvalue weighted by atomic mass is 10.1. The van der Waals surface area contributed by atoms with E-state index in [0.29, 0.717) is 12.3 Å². The summed E-state index contributed by atoms with van der Waals surface area (Å²) in [4.78, 5) is 16.0. The zero-order chi connectivity index (χ0) is 13.1. The maximum atomic E-state index is 12.1. The molecule has 5 nitrogen and oxygen atoms in total. The Morgan fingerprint density at radius 3 is 3.00 bits per heavy atom. The van der Waals surface area contributed by atoms with E-state index in [-0.39, 0.29) is 11.9 Å². The minimum absolute atomic E-state index is 0.0807. The number of rotatable bonds is 3. The molecule has 1 aromatic heterocycles. The van der Waals surface area contributed by atoms with E-state index in [1.54, 1.807) is 11.9 Å². The van der Waals surface area contributed by atoms with Crippen molar-refractivity contribution < 1.29 is 9.21 Å². The molecule has 2 rings (SSSR count). The SMILES string of the molecule is Cc1ccc(N(C)C(=O)CC2CN(C)CCN2)o1. The Morgan fingerprint density at radius 2 is 2.39 bits per heavy atom. The number of nitrogens with one attached hydrogen (secondary N) is 1. The fraction of sp³-hybridized carbons (Fsp3) is 0.615. The third-order valence-corrected chi connectivity index (χ3v) is 3.31. The van der Waals surface area contributed by atoms with Gasteiger partial charge in [0.25, 0.3) is 0 Å². The number of likely N-dealkylation sites (N-methyl/N-ethyl adjacent to an activating group) is 1. The molecular weight excluding hydrogens is 230 g/mol. The number of furan rings is 1. The van der Waals surface area contributed by atoms with Crippen LogP contribution in [0.4, 0.5) is 5.88 Å². The number of hydrogen-bond acceptors (Lipinski definition) is 4. The summed E-state index contributed by atoms with van der Waals surface area (Å²) < 4.78 is 5.45. The molecule has 1 saturated heterocycles. The van der Waals surface area contributed by atoms with Crippen molar-refractivity contribution >= 4 is 11.8 Å². The average Bonchev–Trinajstić information content (AvgIpc) is 2.75. The van der Waals surface area contributed by atoms with Crippen LogP contribution < -0.4 is 10.2 Å². The Balaban J connectivity index is 1.91. The van der Waals surface area contributed by atoms with Crippen molar-refractivity contribution in [2.24, 2.45) is 0 Å². The maximum Gasteiger partial charge on any atom is 0.230 e. The Kier molecular flexibility index (Phi) is 4.04. The first-order valence-electron chi connectivity index (χ1n) is 6.31. The maximum absolute atomic E-state index is 12.1. The molecule has 0 radical (unpaired) electrons. The molecule has 1 fully saturated rings. The summed E-state index contributed by atoms with van der Waals surface area (Å²) >= 11 is 0. The van der Waals surface area contributed by atoms with Gasteiger partial charge in [0.05, 0.1) is 0 Å². The topological polar surface area (TPSA) is 48.7 Å². The van der Waals surface area contributed by atoms with Crippen LogP contribution >= 0.6 is 0 Å². The fourth-order valence-electron chi connectivity index (χ4n) is 2.20. The van der Waals surface area contributed by atoms with Gasteiger partial charge in [0.1, 0.15) is 5.76 Å². The van der Waals surface area contributed by atoms with Crippen molar-refractivity contribution in [3.05, 3.63) is 17.9 Å².